The number of anilines is 1. The van der Waals surface area contributed by atoms with E-state index in [1.807, 2.05) is 0 Å². The number of rotatable bonds is 4. The maximum absolute atomic E-state index is 4.54. The van der Waals surface area contributed by atoms with E-state index >= 15 is 0 Å². The number of nitrogens with zero attached hydrogens (tertiary/aromatic N) is 3. The van der Waals surface area contributed by atoms with Crippen molar-refractivity contribution in [3.8, 4) is 0 Å². The van der Waals surface area contributed by atoms with Crippen LogP contribution in [0.25, 0.3) is 0 Å². The molecule has 1 aromatic rings. The minimum absolute atomic E-state index is 0.416. The second-order valence-electron chi connectivity index (χ2n) is 5.66. The molecular weight excluding hydrogens is 244 g/mol. The molecule has 1 fully saturated rings. The van der Waals surface area contributed by atoms with Gasteiger partial charge in [-0.2, -0.15) is 4.37 Å². The zero-order chi connectivity index (χ0) is 13.1. The van der Waals surface area contributed by atoms with Crippen molar-refractivity contribution in [1.82, 2.24) is 14.3 Å². The van der Waals surface area contributed by atoms with E-state index in [0.717, 1.165) is 11.0 Å². The van der Waals surface area contributed by atoms with Gasteiger partial charge in [-0.05, 0) is 26.7 Å². The van der Waals surface area contributed by atoms with Crippen LogP contribution in [0.5, 0.6) is 0 Å². The lowest BCUT2D eigenvalue weighted by molar-refractivity contribution is 0.177. The summed E-state index contributed by atoms with van der Waals surface area (Å²) in [7, 11) is 0. The lowest BCUT2D eigenvalue weighted by atomic mass is 10.0. The molecule has 0 spiro atoms. The maximum atomic E-state index is 4.54. The van der Waals surface area contributed by atoms with Gasteiger partial charge in [0.1, 0.15) is 5.82 Å². The van der Waals surface area contributed by atoms with Gasteiger partial charge in [0, 0.05) is 42.6 Å². The smallest absolute Gasteiger partial charge is 0.202 e. The summed E-state index contributed by atoms with van der Waals surface area (Å²) in [6, 6.07) is 1.23. The highest BCUT2D eigenvalue weighted by Gasteiger charge is 2.21. The molecule has 0 saturated carbocycles. The Morgan fingerprint density at radius 1 is 1.22 bits per heavy atom. The number of piperidine rings is 1. The molecule has 0 radical (unpaired) electrons. The third-order valence-corrected chi connectivity index (χ3v) is 4.21. The van der Waals surface area contributed by atoms with Crippen LogP contribution in [0.2, 0.25) is 0 Å². The first-order chi connectivity index (χ1) is 8.56. The summed E-state index contributed by atoms with van der Waals surface area (Å²) < 4.78 is 4.38. The Hall–Kier alpha value is -0.680. The SMILES string of the molecule is CC(C)c1nsc(NC2CCN(C(C)C)CC2)n1. The average Bonchev–Trinajstić information content (AvgIpc) is 2.78. The van der Waals surface area contributed by atoms with Gasteiger partial charge in [-0.25, -0.2) is 4.98 Å². The van der Waals surface area contributed by atoms with E-state index in [-0.39, 0.29) is 0 Å². The van der Waals surface area contributed by atoms with Crippen LogP contribution in [0, 0.1) is 0 Å². The second kappa shape index (κ2) is 5.97. The third kappa shape index (κ3) is 3.42. The van der Waals surface area contributed by atoms with Gasteiger partial charge in [-0.15, -0.1) is 0 Å². The van der Waals surface area contributed by atoms with Gasteiger partial charge in [0.15, 0.2) is 0 Å². The molecule has 1 aliphatic heterocycles. The van der Waals surface area contributed by atoms with E-state index < -0.39 is 0 Å². The van der Waals surface area contributed by atoms with Crippen molar-refractivity contribution in [2.24, 2.45) is 0 Å². The Morgan fingerprint density at radius 2 is 1.89 bits per heavy atom. The maximum Gasteiger partial charge on any atom is 0.202 e. The Balaban J connectivity index is 1.84. The van der Waals surface area contributed by atoms with Crippen LogP contribution in [-0.4, -0.2) is 39.4 Å². The van der Waals surface area contributed by atoms with Crippen LogP contribution in [0.3, 0.4) is 0 Å². The summed E-state index contributed by atoms with van der Waals surface area (Å²) in [5.41, 5.74) is 0. The first-order valence-electron chi connectivity index (χ1n) is 6.90. The zero-order valence-electron chi connectivity index (χ0n) is 11.8. The van der Waals surface area contributed by atoms with E-state index in [9.17, 15) is 0 Å². The van der Waals surface area contributed by atoms with Crippen LogP contribution in [0.4, 0.5) is 5.13 Å². The lowest BCUT2D eigenvalue weighted by Gasteiger charge is -2.34. The highest BCUT2D eigenvalue weighted by Crippen LogP contribution is 2.21. The van der Waals surface area contributed by atoms with E-state index in [0.29, 0.717) is 18.0 Å². The predicted molar refractivity (Wildman–Crippen MR) is 77.4 cm³/mol. The molecule has 2 rings (SSSR count). The Bertz CT molecular complexity index is 367. The summed E-state index contributed by atoms with van der Waals surface area (Å²) in [6.07, 6.45) is 2.41. The molecule has 1 saturated heterocycles. The zero-order valence-corrected chi connectivity index (χ0v) is 12.6. The van der Waals surface area contributed by atoms with Crippen molar-refractivity contribution < 1.29 is 0 Å². The van der Waals surface area contributed by atoms with Gasteiger partial charge in [0.2, 0.25) is 5.13 Å². The van der Waals surface area contributed by atoms with Crippen LogP contribution in [0.1, 0.15) is 52.3 Å². The van der Waals surface area contributed by atoms with Crippen LogP contribution >= 0.6 is 11.5 Å². The lowest BCUT2D eigenvalue weighted by Crippen LogP contribution is -2.42. The first kappa shape index (κ1) is 13.7. The largest absolute Gasteiger partial charge is 0.357 e. The number of hydrogen-bond acceptors (Lipinski definition) is 5. The topological polar surface area (TPSA) is 41.1 Å². The minimum Gasteiger partial charge on any atom is -0.357 e. The molecule has 0 amide bonds. The minimum atomic E-state index is 0.416. The van der Waals surface area contributed by atoms with E-state index in [4.69, 9.17) is 0 Å². The van der Waals surface area contributed by atoms with Gasteiger partial charge in [0.05, 0.1) is 0 Å². The second-order valence-corrected chi connectivity index (χ2v) is 6.41. The van der Waals surface area contributed by atoms with E-state index in [1.165, 1.54) is 37.5 Å². The molecule has 102 valence electrons. The molecule has 4 nitrogen and oxygen atoms in total. The molecular formula is C13H24N4S. The van der Waals surface area contributed by atoms with Gasteiger partial charge < -0.3 is 10.2 Å². The molecule has 1 aromatic heterocycles. The monoisotopic (exact) mass is 268 g/mol. The molecule has 0 aromatic carbocycles. The molecule has 0 atom stereocenters. The Morgan fingerprint density at radius 3 is 2.39 bits per heavy atom. The highest BCUT2D eigenvalue weighted by atomic mass is 32.1. The number of hydrogen-bond donors (Lipinski definition) is 1. The molecule has 0 aliphatic carbocycles. The van der Waals surface area contributed by atoms with Crippen molar-refractivity contribution in [3.63, 3.8) is 0 Å². The fraction of sp³-hybridized carbons (Fsp3) is 0.846. The van der Waals surface area contributed by atoms with Crippen molar-refractivity contribution in [3.05, 3.63) is 5.82 Å². The fourth-order valence-electron chi connectivity index (χ4n) is 2.26. The molecule has 18 heavy (non-hydrogen) atoms. The van der Waals surface area contributed by atoms with Gasteiger partial charge in [-0.3, -0.25) is 0 Å². The average molecular weight is 268 g/mol. The molecule has 5 heteroatoms. The van der Waals surface area contributed by atoms with Crippen molar-refractivity contribution in [1.29, 1.82) is 0 Å². The summed E-state index contributed by atoms with van der Waals surface area (Å²) in [5, 5.41) is 4.52. The van der Waals surface area contributed by atoms with E-state index in [1.54, 1.807) is 0 Å². The molecule has 1 N–H and O–H groups in total. The predicted octanol–water partition coefficient (Wildman–Crippen LogP) is 2.95. The third-order valence-electron chi connectivity index (χ3n) is 3.55. The Labute approximate surface area is 114 Å². The molecule has 1 aliphatic rings. The first-order valence-corrected chi connectivity index (χ1v) is 7.67. The van der Waals surface area contributed by atoms with Gasteiger partial charge in [0.25, 0.3) is 0 Å². The fourth-order valence-corrected chi connectivity index (χ4v) is 3.05. The van der Waals surface area contributed by atoms with Gasteiger partial charge >= 0.3 is 0 Å². The van der Waals surface area contributed by atoms with Crippen LogP contribution < -0.4 is 5.32 Å². The quantitative estimate of drug-likeness (QED) is 0.911. The summed E-state index contributed by atoms with van der Waals surface area (Å²) in [6.45, 7) is 11.2. The highest BCUT2D eigenvalue weighted by molar-refractivity contribution is 7.09. The number of aromatic nitrogens is 2. The Kier molecular flexibility index (Phi) is 4.56. The summed E-state index contributed by atoms with van der Waals surface area (Å²) >= 11 is 1.49. The summed E-state index contributed by atoms with van der Waals surface area (Å²) in [4.78, 5) is 7.08. The van der Waals surface area contributed by atoms with Gasteiger partial charge in [-0.1, -0.05) is 13.8 Å². The number of nitrogens with one attached hydrogen (secondary N) is 1. The number of likely N-dealkylation sites (tertiary alicyclic amines) is 1. The molecule has 0 unspecified atom stereocenters. The van der Waals surface area contributed by atoms with E-state index in [2.05, 4.69) is 47.3 Å². The van der Waals surface area contributed by atoms with Crippen LogP contribution in [-0.2, 0) is 0 Å². The molecule has 2 heterocycles. The standard InChI is InChI=1S/C13H24N4S/c1-9(2)12-15-13(18-16-12)14-11-5-7-17(8-6-11)10(3)4/h9-11H,5-8H2,1-4H3,(H,14,15,16). The van der Waals surface area contributed by atoms with Crippen molar-refractivity contribution >= 4 is 16.7 Å². The molecule has 0 bridgehead atoms. The summed E-state index contributed by atoms with van der Waals surface area (Å²) in [5.74, 6) is 1.38. The van der Waals surface area contributed by atoms with Crippen molar-refractivity contribution in [2.45, 2.75) is 58.5 Å². The normalized spacial score (nSPS) is 18.8. The van der Waals surface area contributed by atoms with Crippen molar-refractivity contribution in [2.75, 3.05) is 18.4 Å². The van der Waals surface area contributed by atoms with Crippen LogP contribution in [0.15, 0.2) is 0 Å².